The van der Waals surface area contributed by atoms with E-state index < -0.39 is 0 Å². The fraction of sp³-hybridized carbons (Fsp3) is 0.357. The van der Waals surface area contributed by atoms with Gasteiger partial charge in [-0.3, -0.25) is 15.1 Å². The topological polar surface area (TPSA) is 99.7 Å². The molecule has 0 aliphatic carbocycles. The number of methoxy groups -OCH3 is 1. The molecule has 0 saturated heterocycles. The van der Waals surface area contributed by atoms with Crippen LogP contribution in [0.4, 0.5) is 0 Å². The summed E-state index contributed by atoms with van der Waals surface area (Å²) in [5.74, 6) is 1.21. The van der Waals surface area contributed by atoms with Crippen molar-refractivity contribution in [3.05, 3.63) is 35.8 Å². The number of hydrogen-bond donors (Lipinski definition) is 4. The number of ether oxygens (including phenoxy) is 1. The van der Waals surface area contributed by atoms with Gasteiger partial charge in [-0.05, 0) is 11.6 Å². The van der Waals surface area contributed by atoms with E-state index in [0.29, 0.717) is 24.8 Å². The Bertz CT molecular complexity index is 628. The van der Waals surface area contributed by atoms with Gasteiger partial charge < -0.3 is 20.7 Å². The standard InChI is InChI=1S/C14H18N6O2/c1-22-12-4-9(2-3-16-12)5-18-14(21)11-7-17-13-10(20-11)6-15-8-19-13/h2-4,7,10,15,20H,5-6,8H2,1H3,(H,17,19)(H,18,21). The Hall–Kier alpha value is -2.61. The summed E-state index contributed by atoms with van der Waals surface area (Å²) in [6, 6.07) is 3.62. The van der Waals surface area contributed by atoms with Crippen LogP contribution in [-0.4, -0.2) is 43.1 Å². The number of amides is 1. The molecule has 0 bridgehead atoms. The molecule has 2 aliphatic heterocycles. The number of fused-ring (bicyclic) bond motifs is 1. The van der Waals surface area contributed by atoms with Crippen molar-refractivity contribution in [2.24, 2.45) is 4.99 Å². The molecule has 1 unspecified atom stereocenters. The van der Waals surface area contributed by atoms with Crippen LogP contribution in [0.15, 0.2) is 35.2 Å². The number of nitrogens with one attached hydrogen (secondary N) is 4. The van der Waals surface area contributed by atoms with E-state index in [2.05, 4.69) is 31.2 Å². The van der Waals surface area contributed by atoms with E-state index in [0.717, 1.165) is 17.9 Å². The van der Waals surface area contributed by atoms with Crippen molar-refractivity contribution in [3.63, 3.8) is 0 Å². The largest absolute Gasteiger partial charge is 0.481 e. The molecule has 116 valence electrons. The molecule has 3 heterocycles. The lowest BCUT2D eigenvalue weighted by atomic mass is 10.2. The summed E-state index contributed by atoms with van der Waals surface area (Å²) in [6.07, 6.45) is 3.29. The van der Waals surface area contributed by atoms with Gasteiger partial charge in [0, 0.05) is 31.6 Å². The Kier molecular flexibility index (Phi) is 4.19. The number of hydrogen-bond acceptors (Lipinski definition) is 7. The van der Waals surface area contributed by atoms with Gasteiger partial charge in [0.05, 0.1) is 19.8 Å². The molecule has 22 heavy (non-hydrogen) atoms. The van der Waals surface area contributed by atoms with Gasteiger partial charge in [-0.15, -0.1) is 0 Å². The van der Waals surface area contributed by atoms with Crippen molar-refractivity contribution in [3.8, 4) is 5.88 Å². The summed E-state index contributed by atoms with van der Waals surface area (Å²) in [6.45, 7) is 1.73. The van der Waals surface area contributed by atoms with Gasteiger partial charge in [-0.2, -0.15) is 0 Å². The van der Waals surface area contributed by atoms with Crippen molar-refractivity contribution >= 4 is 11.7 Å². The summed E-state index contributed by atoms with van der Waals surface area (Å²) in [5, 5.41) is 12.2. The maximum Gasteiger partial charge on any atom is 0.269 e. The van der Waals surface area contributed by atoms with Gasteiger partial charge in [-0.25, -0.2) is 4.98 Å². The molecule has 2 aliphatic rings. The highest BCUT2D eigenvalue weighted by atomic mass is 16.5. The fourth-order valence-corrected chi connectivity index (χ4v) is 2.28. The highest BCUT2D eigenvalue weighted by Crippen LogP contribution is 2.09. The van der Waals surface area contributed by atoms with Crippen molar-refractivity contribution < 1.29 is 9.53 Å². The highest BCUT2D eigenvalue weighted by molar-refractivity contribution is 5.98. The van der Waals surface area contributed by atoms with Crippen LogP contribution in [0.2, 0.25) is 0 Å². The highest BCUT2D eigenvalue weighted by Gasteiger charge is 2.25. The predicted molar refractivity (Wildman–Crippen MR) is 81.1 cm³/mol. The van der Waals surface area contributed by atoms with Gasteiger partial charge >= 0.3 is 0 Å². The second-order valence-electron chi connectivity index (χ2n) is 4.94. The van der Waals surface area contributed by atoms with E-state index in [1.54, 1.807) is 25.6 Å². The Morgan fingerprint density at radius 1 is 1.55 bits per heavy atom. The second kappa shape index (κ2) is 6.44. The minimum atomic E-state index is -0.173. The number of carbonyl (C=O) groups excluding carboxylic acids is 1. The first-order valence-corrected chi connectivity index (χ1v) is 7.01. The molecule has 1 aromatic rings. The third-order valence-corrected chi connectivity index (χ3v) is 3.44. The molecular weight excluding hydrogens is 284 g/mol. The molecule has 8 heteroatoms. The molecule has 0 spiro atoms. The monoisotopic (exact) mass is 302 g/mol. The third-order valence-electron chi connectivity index (χ3n) is 3.44. The van der Waals surface area contributed by atoms with Gasteiger partial charge in [0.1, 0.15) is 11.5 Å². The minimum absolute atomic E-state index is 0.000481. The maximum absolute atomic E-state index is 12.2. The minimum Gasteiger partial charge on any atom is -0.481 e. The molecule has 3 rings (SSSR count). The number of aliphatic imine (C=N–C) groups is 1. The number of aromatic nitrogens is 1. The summed E-state index contributed by atoms with van der Waals surface area (Å²) in [7, 11) is 1.56. The zero-order valence-electron chi connectivity index (χ0n) is 12.2. The van der Waals surface area contributed by atoms with E-state index in [4.69, 9.17) is 4.74 Å². The zero-order valence-corrected chi connectivity index (χ0v) is 12.2. The van der Waals surface area contributed by atoms with Crippen molar-refractivity contribution in [2.75, 3.05) is 20.3 Å². The van der Waals surface area contributed by atoms with E-state index >= 15 is 0 Å². The van der Waals surface area contributed by atoms with E-state index in [-0.39, 0.29) is 11.9 Å². The van der Waals surface area contributed by atoms with E-state index in [1.807, 2.05) is 6.07 Å². The normalized spacial score (nSPS) is 19.8. The maximum atomic E-state index is 12.2. The van der Waals surface area contributed by atoms with Crippen molar-refractivity contribution in [2.45, 2.75) is 12.6 Å². The first-order valence-electron chi connectivity index (χ1n) is 7.01. The summed E-state index contributed by atoms with van der Waals surface area (Å²) in [5.41, 5.74) is 1.42. The number of amidine groups is 1. The molecule has 0 saturated carbocycles. The van der Waals surface area contributed by atoms with Gasteiger partial charge in [-0.1, -0.05) is 0 Å². The van der Waals surface area contributed by atoms with E-state index in [1.165, 1.54) is 0 Å². The number of carbonyl (C=O) groups is 1. The van der Waals surface area contributed by atoms with Crippen LogP contribution in [0.25, 0.3) is 0 Å². The Morgan fingerprint density at radius 3 is 3.32 bits per heavy atom. The number of nitrogens with zero attached hydrogens (tertiary/aromatic N) is 2. The Balaban J connectivity index is 1.59. The molecular formula is C14H18N6O2. The lowest BCUT2D eigenvalue weighted by molar-refractivity contribution is -0.118. The van der Waals surface area contributed by atoms with Crippen LogP contribution in [0.5, 0.6) is 5.88 Å². The molecule has 1 amide bonds. The lowest BCUT2D eigenvalue weighted by Crippen LogP contribution is -2.56. The Morgan fingerprint density at radius 2 is 2.45 bits per heavy atom. The molecule has 0 aromatic carbocycles. The van der Waals surface area contributed by atoms with Gasteiger partial charge in [0.2, 0.25) is 5.88 Å². The van der Waals surface area contributed by atoms with Crippen molar-refractivity contribution in [1.82, 2.24) is 26.3 Å². The van der Waals surface area contributed by atoms with Crippen LogP contribution in [-0.2, 0) is 11.3 Å². The number of rotatable bonds is 4. The second-order valence-corrected chi connectivity index (χ2v) is 4.94. The van der Waals surface area contributed by atoms with Crippen LogP contribution < -0.4 is 26.0 Å². The quantitative estimate of drug-likeness (QED) is 0.573. The summed E-state index contributed by atoms with van der Waals surface area (Å²) < 4.78 is 5.06. The molecule has 1 atom stereocenters. The van der Waals surface area contributed by atoms with Gasteiger partial charge in [0.15, 0.2) is 0 Å². The first-order chi connectivity index (χ1) is 10.8. The molecule has 1 aromatic heterocycles. The SMILES string of the molecule is COc1cc(CNC(=O)C2=CNC3=NCNCC3N2)ccn1. The van der Waals surface area contributed by atoms with Crippen LogP contribution in [0, 0.1) is 0 Å². The predicted octanol–water partition coefficient (Wildman–Crippen LogP) is -0.932. The average Bonchev–Trinajstić information content (AvgIpc) is 2.59. The van der Waals surface area contributed by atoms with Crippen LogP contribution in [0.3, 0.4) is 0 Å². The zero-order chi connectivity index (χ0) is 15.4. The van der Waals surface area contributed by atoms with Crippen LogP contribution >= 0.6 is 0 Å². The lowest BCUT2D eigenvalue weighted by Gasteiger charge is -2.30. The first kappa shape index (κ1) is 14.3. The summed E-state index contributed by atoms with van der Waals surface area (Å²) >= 11 is 0. The van der Waals surface area contributed by atoms with Crippen LogP contribution in [0.1, 0.15) is 5.56 Å². The number of pyridine rings is 1. The molecule has 4 N–H and O–H groups in total. The van der Waals surface area contributed by atoms with E-state index in [9.17, 15) is 4.79 Å². The molecule has 0 fully saturated rings. The average molecular weight is 302 g/mol. The molecule has 0 radical (unpaired) electrons. The summed E-state index contributed by atoms with van der Waals surface area (Å²) in [4.78, 5) is 20.5. The third kappa shape index (κ3) is 3.17. The Labute approximate surface area is 128 Å². The molecule has 8 nitrogen and oxygen atoms in total. The fourth-order valence-electron chi connectivity index (χ4n) is 2.28. The van der Waals surface area contributed by atoms with Crippen molar-refractivity contribution in [1.29, 1.82) is 0 Å². The smallest absolute Gasteiger partial charge is 0.269 e. The van der Waals surface area contributed by atoms with Gasteiger partial charge in [0.25, 0.3) is 5.91 Å².